The van der Waals surface area contributed by atoms with Crippen molar-refractivity contribution in [2.24, 2.45) is 0 Å². The van der Waals surface area contributed by atoms with Crippen molar-refractivity contribution < 1.29 is 4.79 Å². The van der Waals surface area contributed by atoms with Gasteiger partial charge in [0, 0.05) is 16.6 Å². The van der Waals surface area contributed by atoms with Crippen LogP contribution >= 0.6 is 15.9 Å². The number of rotatable bonds is 3. The molecular weight excluding hydrogens is 302 g/mol. The summed E-state index contributed by atoms with van der Waals surface area (Å²) in [5.41, 5.74) is 4.01. The second-order valence-electron chi connectivity index (χ2n) is 4.63. The summed E-state index contributed by atoms with van der Waals surface area (Å²) in [6.07, 6.45) is 0. The fourth-order valence-corrected chi connectivity index (χ4v) is 2.18. The molecule has 0 saturated heterocycles. The molecule has 0 aliphatic heterocycles. The van der Waals surface area contributed by atoms with E-state index in [0.29, 0.717) is 12.1 Å². The molecule has 0 aromatic heterocycles. The van der Waals surface area contributed by atoms with Crippen LogP contribution in [0.25, 0.3) is 0 Å². The number of halogens is 1. The minimum Gasteiger partial charge on any atom is -0.348 e. The van der Waals surface area contributed by atoms with Crippen LogP contribution in [0.2, 0.25) is 0 Å². The lowest BCUT2D eigenvalue weighted by molar-refractivity contribution is 0.0950. The van der Waals surface area contributed by atoms with Gasteiger partial charge in [0.25, 0.3) is 5.91 Å². The highest BCUT2D eigenvalue weighted by Crippen LogP contribution is 2.16. The van der Waals surface area contributed by atoms with E-state index in [0.717, 1.165) is 15.6 Å². The van der Waals surface area contributed by atoms with Crippen molar-refractivity contribution in [2.45, 2.75) is 20.4 Å². The Balaban J connectivity index is 2.05. The number of hydrogen-bond acceptors (Lipinski definition) is 1. The zero-order chi connectivity index (χ0) is 13.8. The van der Waals surface area contributed by atoms with Crippen LogP contribution in [0.15, 0.2) is 46.9 Å². The zero-order valence-corrected chi connectivity index (χ0v) is 12.6. The van der Waals surface area contributed by atoms with Crippen LogP contribution in [0.4, 0.5) is 0 Å². The Kier molecular flexibility index (Phi) is 4.38. The summed E-state index contributed by atoms with van der Waals surface area (Å²) in [6.45, 7) is 4.53. The largest absolute Gasteiger partial charge is 0.348 e. The van der Waals surface area contributed by atoms with Crippen LogP contribution in [0, 0.1) is 13.8 Å². The quantitative estimate of drug-likeness (QED) is 0.911. The normalized spacial score (nSPS) is 10.3. The Morgan fingerprint density at radius 3 is 2.47 bits per heavy atom. The lowest BCUT2D eigenvalue weighted by Crippen LogP contribution is -2.23. The molecule has 0 spiro atoms. The Morgan fingerprint density at radius 2 is 1.79 bits per heavy atom. The summed E-state index contributed by atoms with van der Waals surface area (Å²) in [5.74, 6) is -0.0422. The molecule has 2 aromatic carbocycles. The van der Waals surface area contributed by atoms with Crippen molar-refractivity contribution in [1.29, 1.82) is 0 Å². The number of amides is 1. The van der Waals surface area contributed by atoms with E-state index in [9.17, 15) is 4.79 Å². The molecule has 98 valence electrons. The van der Waals surface area contributed by atoms with Gasteiger partial charge in [0.15, 0.2) is 0 Å². The third kappa shape index (κ3) is 3.67. The van der Waals surface area contributed by atoms with Gasteiger partial charge in [-0.1, -0.05) is 51.8 Å². The summed E-state index contributed by atoms with van der Waals surface area (Å²) in [4.78, 5) is 12.1. The molecule has 0 radical (unpaired) electrons. The summed E-state index contributed by atoms with van der Waals surface area (Å²) in [7, 11) is 0. The topological polar surface area (TPSA) is 29.1 Å². The van der Waals surface area contributed by atoms with Gasteiger partial charge in [-0.3, -0.25) is 4.79 Å². The Bertz CT molecular complexity index is 590. The van der Waals surface area contributed by atoms with Crippen molar-refractivity contribution in [3.8, 4) is 0 Å². The summed E-state index contributed by atoms with van der Waals surface area (Å²) < 4.78 is 0.915. The van der Waals surface area contributed by atoms with Crippen LogP contribution in [0.5, 0.6) is 0 Å². The molecule has 2 aromatic rings. The van der Waals surface area contributed by atoms with Gasteiger partial charge in [-0.2, -0.15) is 0 Å². The molecule has 19 heavy (non-hydrogen) atoms. The highest BCUT2D eigenvalue weighted by atomic mass is 79.9. The summed E-state index contributed by atoms with van der Waals surface area (Å²) in [5, 5.41) is 2.94. The van der Waals surface area contributed by atoms with E-state index in [-0.39, 0.29) is 5.91 Å². The van der Waals surface area contributed by atoms with Gasteiger partial charge in [0.05, 0.1) is 0 Å². The highest BCUT2D eigenvalue weighted by Gasteiger charge is 2.08. The number of carbonyl (C=O) groups excluding carboxylic acids is 1. The predicted molar refractivity (Wildman–Crippen MR) is 81.2 cm³/mol. The first kappa shape index (κ1) is 13.8. The Hall–Kier alpha value is -1.61. The molecule has 0 saturated carbocycles. The van der Waals surface area contributed by atoms with Gasteiger partial charge >= 0.3 is 0 Å². The maximum absolute atomic E-state index is 12.1. The molecule has 0 bridgehead atoms. The SMILES string of the molecule is Cc1ccc(CNC(=O)c2cc(Br)ccc2C)cc1. The Labute approximate surface area is 122 Å². The molecule has 0 atom stereocenters. The zero-order valence-electron chi connectivity index (χ0n) is 11.0. The number of benzene rings is 2. The average Bonchev–Trinajstić information content (AvgIpc) is 2.40. The van der Waals surface area contributed by atoms with E-state index < -0.39 is 0 Å². The van der Waals surface area contributed by atoms with Crippen molar-refractivity contribution in [2.75, 3.05) is 0 Å². The third-order valence-electron chi connectivity index (χ3n) is 3.02. The summed E-state index contributed by atoms with van der Waals surface area (Å²) in [6, 6.07) is 13.9. The summed E-state index contributed by atoms with van der Waals surface area (Å²) >= 11 is 3.39. The van der Waals surface area contributed by atoms with E-state index in [1.165, 1.54) is 5.56 Å². The van der Waals surface area contributed by atoms with E-state index in [2.05, 4.69) is 21.2 Å². The number of carbonyl (C=O) groups is 1. The molecule has 0 aliphatic carbocycles. The monoisotopic (exact) mass is 317 g/mol. The second-order valence-corrected chi connectivity index (χ2v) is 5.54. The first-order chi connectivity index (χ1) is 9.06. The lowest BCUT2D eigenvalue weighted by atomic mass is 10.1. The molecular formula is C16H16BrNO. The van der Waals surface area contributed by atoms with Crippen molar-refractivity contribution in [1.82, 2.24) is 5.32 Å². The van der Waals surface area contributed by atoms with Crippen molar-refractivity contribution >= 4 is 21.8 Å². The maximum atomic E-state index is 12.1. The molecule has 0 heterocycles. The van der Waals surface area contributed by atoms with Crippen molar-refractivity contribution in [3.63, 3.8) is 0 Å². The number of aryl methyl sites for hydroxylation is 2. The first-order valence-corrected chi connectivity index (χ1v) is 6.95. The number of hydrogen-bond donors (Lipinski definition) is 1. The van der Waals surface area contributed by atoms with Gasteiger partial charge in [-0.15, -0.1) is 0 Å². The van der Waals surface area contributed by atoms with Gasteiger partial charge in [0.2, 0.25) is 0 Å². The third-order valence-corrected chi connectivity index (χ3v) is 3.51. The predicted octanol–water partition coefficient (Wildman–Crippen LogP) is 4.00. The minimum absolute atomic E-state index is 0.0422. The second kappa shape index (κ2) is 6.02. The average molecular weight is 318 g/mol. The van der Waals surface area contributed by atoms with Gasteiger partial charge < -0.3 is 5.32 Å². The molecule has 2 nitrogen and oxygen atoms in total. The van der Waals surface area contributed by atoms with Gasteiger partial charge in [0.1, 0.15) is 0 Å². The van der Waals surface area contributed by atoms with E-state index in [4.69, 9.17) is 0 Å². The standard InChI is InChI=1S/C16H16BrNO/c1-11-3-6-13(7-4-11)10-18-16(19)15-9-14(17)8-5-12(15)2/h3-9H,10H2,1-2H3,(H,18,19). The van der Waals surface area contributed by atoms with Crippen LogP contribution in [-0.4, -0.2) is 5.91 Å². The fraction of sp³-hybridized carbons (Fsp3) is 0.188. The molecule has 0 fully saturated rings. The van der Waals surface area contributed by atoms with E-state index >= 15 is 0 Å². The van der Waals surface area contributed by atoms with Crippen LogP contribution in [-0.2, 0) is 6.54 Å². The Morgan fingerprint density at radius 1 is 1.11 bits per heavy atom. The highest BCUT2D eigenvalue weighted by molar-refractivity contribution is 9.10. The van der Waals surface area contributed by atoms with E-state index in [1.54, 1.807) is 0 Å². The van der Waals surface area contributed by atoms with Crippen LogP contribution in [0.1, 0.15) is 27.0 Å². The smallest absolute Gasteiger partial charge is 0.251 e. The molecule has 0 aliphatic rings. The molecule has 2 rings (SSSR count). The maximum Gasteiger partial charge on any atom is 0.251 e. The van der Waals surface area contributed by atoms with Gasteiger partial charge in [-0.05, 0) is 37.1 Å². The van der Waals surface area contributed by atoms with Crippen molar-refractivity contribution in [3.05, 3.63) is 69.2 Å². The van der Waals surface area contributed by atoms with Crippen LogP contribution < -0.4 is 5.32 Å². The first-order valence-electron chi connectivity index (χ1n) is 6.16. The van der Waals surface area contributed by atoms with E-state index in [1.807, 2.05) is 56.3 Å². The number of nitrogens with one attached hydrogen (secondary N) is 1. The molecule has 0 unspecified atom stereocenters. The molecule has 3 heteroatoms. The van der Waals surface area contributed by atoms with Gasteiger partial charge in [-0.25, -0.2) is 0 Å². The fourth-order valence-electron chi connectivity index (χ4n) is 1.82. The van der Waals surface area contributed by atoms with Crippen LogP contribution in [0.3, 0.4) is 0 Å². The lowest BCUT2D eigenvalue weighted by Gasteiger charge is -2.08. The molecule has 1 N–H and O–H groups in total. The minimum atomic E-state index is -0.0422. The molecule has 1 amide bonds.